The van der Waals surface area contributed by atoms with Crippen LogP contribution in [0.2, 0.25) is 0 Å². The topological polar surface area (TPSA) is 9.72 Å². The summed E-state index contributed by atoms with van der Waals surface area (Å²) >= 11 is 0. The zero-order chi connectivity index (χ0) is 14.2. The minimum atomic E-state index is -1.66. The van der Waals surface area contributed by atoms with Crippen LogP contribution in [-0.4, -0.2) is 59.4 Å². The van der Waals surface area contributed by atoms with E-state index in [4.69, 9.17) is 0 Å². The summed E-state index contributed by atoms with van der Waals surface area (Å²) < 4.78 is 8.27. The first-order valence-corrected chi connectivity index (χ1v) is 9.92. The van der Waals surface area contributed by atoms with Crippen LogP contribution in [-0.2, 0) is 0 Å². The van der Waals surface area contributed by atoms with Gasteiger partial charge in [-0.2, -0.15) is 0 Å². The molecule has 0 saturated carbocycles. The molecule has 18 heavy (non-hydrogen) atoms. The Hall–Kier alpha value is 0.310. The van der Waals surface area contributed by atoms with E-state index in [1.807, 2.05) is 0 Å². The van der Waals surface area contributed by atoms with Crippen molar-refractivity contribution in [3.63, 3.8) is 0 Å². The Morgan fingerprint density at radius 2 is 0.722 bits per heavy atom. The van der Waals surface area contributed by atoms with Gasteiger partial charge in [-0.25, -0.2) is 0 Å². The van der Waals surface area contributed by atoms with Gasteiger partial charge in [-0.05, 0) is 0 Å². The number of nitrogens with zero attached hydrogens (tertiary/aromatic N) is 3. The van der Waals surface area contributed by atoms with Crippen LogP contribution in [0.5, 0.6) is 0 Å². The van der Waals surface area contributed by atoms with Crippen LogP contribution >= 0.6 is 7.71 Å². The van der Waals surface area contributed by atoms with Crippen LogP contribution in [0.3, 0.4) is 0 Å². The van der Waals surface area contributed by atoms with Crippen molar-refractivity contribution in [1.29, 1.82) is 0 Å². The van der Waals surface area contributed by atoms with Crippen LogP contribution in [0.25, 0.3) is 0 Å². The van der Waals surface area contributed by atoms with Gasteiger partial charge in [0.2, 0.25) is 0 Å². The van der Waals surface area contributed by atoms with Crippen LogP contribution in [0, 0.1) is 0 Å². The molecule has 0 N–H and O–H groups in total. The van der Waals surface area contributed by atoms with Gasteiger partial charge in [0.25, 0.3) is 0 Å². The molecule has 112 valence electrons. The van der Waals surface area contributed by atoms with Gasteiger partial charge in [0.1, 0.15) is 0 Å². The first-order chi connectivity index (χ1) is 8.62. The Labute approximate surface area is 116 Å². The molecule has 0 heterocycles. The van der Waals surface area contributed by atoms with Crippen molar-refractivity contribution in [3.8, 4) is 0 Å². The molecule has 0 radical (unpaired) electrons. The molecule has 4 heteroatoms. The average Bonchev–Trinajstić information content (AvgIpc) is 2.41. The number of hydrogen-bond acceptors (Lipinski definition) is 3. The van der Waals surface area contributed by atoms with Crippen LogP contribution < -0.4 is 0 Å². The molecule has 0 unspecified atom stereocenters. The quantitative estimate of drug-likeness (QED) is 0.566. The van der Waals surface area contributed by atoms with Crippen molar-refractivity contribution in [2.75, 3.05) is 45.4 Å². The Morgan fingerprint density at radius 1 is 0.500 bits per heavy atom. The molecule has 0 aromatic carbocycles. The second-order valence-corrected chi connectivity index (χ2v) is 8.80. The van der Waals surface area contributed by atoms with E-state index in [-0.39, 0.29) is 0 Å². The Morgan fingerprint density at radius 3 is 0.833 bits per heavy atom. The molecule has 0 aromatic rings. The van der Waals surface area contributed by atoms with Crippen molar-refractivity contribution >= 4 is 7.71 Å². The number of rotatable bonds is 10. The van der Waals surface area contributed by atoms with Gasteiger partial charge >= 0.3 is 116 Å². The SMILES string of the molecule is CCN(CC)[PH](CC)(N(CC)CC)N(CC)CC. The Balaban J connectivity index is 5.55. The van der Waals surface area contributed by atoms with Crippen LogP contribution in [0.1, 0.15) is 48.5 Å². The summed E-state index contributed by atoms with van der Waals surface area (Å²) in [6.45, 7) is 23.3. The first-order valence-electron chi connectivity index (χ1n) is 7.87. The standard InChI is InChI=1S/C14H36N3P/c1-8-15(9-2)18(14-7,16(10-3)11-4)17(12-5)13-6/h18H,8-14H2,1-7H3. The van der Waals surface area contributed by atoms with E-state index in [1.165, 1.54) is 45.4 Å². The summed E-state index contributed by atoms with van der Waals surface area (Å²) in [6, 6.07) is 0. The molecule has 0 bridgehead atoms. The second kappa shape index (κ2) is 9.25. The summed E-state index contributed by atoms with van der Waals surface area (Å²) in [7, 11) is -1.66. The van der Waals surface area contributed by atoms with Crippen molar-refractivity contribution in [3.05, 3.63) is 0 Å². The summed E-state index contributed by atoms with van der Waals surface area (Å²) in [5.41, 5.74) is 0. The second-order valence-electron chi connectivity index (χ2n) is 4.64. The molecule has 0 saturated heterocycles. The molecule has 0 aliphatic rings. The maximum absolute atomic E-state index is 2.76. The first kappa shape index (κ1) is 18.3. The summed E-state index contributed by atoms with van der Waals surface area (Å²) in [4.78, 5) is 0. The normalized spacial score (nSPS) is 13.9. The average molecular weight is 277 g/mol. The monoisotopic (exact) mass is 277 g/mol. The van der Waals surface area contributed by atoms with Crippen molar-refractivity contribution in [1.82, 2.24) is 14.0 Å². The Kier molecular flexibility index (Phi) is 9.41. The third-order valence-corrected chi connectivity index (χ3v) is 10.2. The molecule has 0 aliphatic carbocycles. The van der Waals surface area contributed by atoms with Crippen molar-refractivity contribution in [2.24, 2.45) is 0 Å². The molecule has 0 aliphatic heterocycles. The van der Waals surface area contributed by atoms with Gasteiger partial charge in [0.05, 0.1) is 0 Å². The molecular formula is C14H36N3P. The Bertz CT molecular complexity index is 168. The molecule has 0 spiro atoms. The predicted molar refractivity (Wildman–Crippen MR) is 87.6 cm³/mol. The summed E-state index contributed by atoms with van der Waals surface area (Å²) in [5, 5.41) is 0. The van der Waals surface area contributed by atoms with Crippen LogP contribution in [0.15, 0.2) is 0 Å². The predicted octanol–water partition coefficient (Wildman–Crippen LogP) is 3.53. The molecule has 0 rings (SSSR count). The van der Waals surface area contributed by atoms with E-state index >= 15 is 0 Å². The van der Waals surface area contributed by atoms with Gasteiger partial charge < -0.3 is 0 Å². The van der Waals surface area contributed by atoms with E-state index in [1.54, 1.807) is 0 Å². The van der Waals surface area contributed by atoms with E-state index in [0.29, 0.717) is 0 Å². The van der Waals surface area contributed by atoms with E-state index in [9.17, 15) is 0 Å². The third-order valence-electron chi connectivity index (χ3n) is 4.28. The number of hydrogen-bond donors (Lipinski definition) is 0. The zero-order valence-electron chi connectivity index (χ0n) is 13.8. The van der Waals surface area contributed by atoms with Crippen molar-refractivity contribution in [2.45, 2.75) is 48.5 Å². The molecular weight excluding hydrogens is 241 g/mol. The van der Waals surface area contributed by atoms with Crippen LogP contribution in [0.4, 0.5) is 0 Å². The van der Waals surface area contributed by atoms with Gasteiger partial charge in [-0.3, -0.25) is 0 Å². The zero-order valence-corrected chi connectivity index (χ0v) is 14.8. The minimum absolute atomic E-state index is 1.17. The molecule has 3 nitrogen and oxygen atoms in total. The fourth-order valence-corrected chi connectivity index (χ4v) is 9.04. The maximum atomic E-state index is 2.76. The molecule has 0 amide bonds. The fraction of sp³-hybridized carbons (Fsp3) is 1.00. The third kappa shape index (κ3) is 3.45. The van der Waals surface area contributed by atoms with Gasteiger partial charge in [-0.15, -0.1) is 0 Å². The van der Waals surface area contributed by atoms with Gasteiger partial charge in [-0.1, -0.05) is 0 Å². The van der Waals surface area contributed by atoms with Gasteiger partial charge in [0.15, 0.2) is 0 Å². The molecule has 0 fully saturated rings. The summed E-state index contributed by atoms with van der Waals surface area (Å²) in [6.07, 6.45) is 1.29. The molecule has 0 aromatic heterocycles. The van der Waals surface area contributed by atoms with E-state index in [2.05, 4.69) is 62.5 Å². The van der Waals surface area contributed by atoms with Crippen molar-refractivity contribution < 1.29 is 0 Å². The summed E-state index contributed by atoms with van der Waals surface area (Å²) in [5.74, 6) is 0. The van der Waals surface area contributed by atoms with E-state index < -0.39 is 7.71 Å². The fourth-order valence-electron chi connectivity index (χ4n) is 3.46. The molecule has 0 atom stereocenters. The van der Waals surface area contributed by atoms with E-state index in [0.717, 1.165) is 0 Å². The van der Waals surface area contributed by atoms with Gasteiger partial charge in [0, 0.05) is 0 Å².